The molecule has 0 spiro atoms. The lowest BCUT2D eigenvalue weighted by Gasteiger charge is -2.41. The van der Waals surface area contributed by atoms with Gasteiger partial charge in [0.1, 0.15) is 0 Å². The summed E-state index contributed by atoms with van der Waals surface area (Å²) in [7, 11) is 0. The lowest BCUT2D eigenvalue weighted by Crippen LogP contribution is -2.49. The number of piperidine rings is 1. The van der Waals surface area contributed by atoms with Gasteiger partial charge >= 0.3 is 0 Å². The summed E-state index contributed by atoms with van der Waals surface area (Å²) in [6.45, 7) is 5.13. The smallest absolute Gasteiger partial charge is 0.269 e. The number of hydrogen-bond donors (Lipinski definition) is 0. The molecule has 0 aromatic heterocycles. The van der Waals surface area contributed by atoms with E-state index in [9.17, 15) is 10.1 Å². The van der Waals surface area contributed by atoms with Crippen molar-refractivity contribution in [3.63, 3.8) is 0 Å². The standard InChI is InChI=1S/C21H25N3O2/c25-24(26)20-9-8-18-10-12-23(15-19(18)13-20)21-7-4-11-22(16-21)14-17-5-2-1-3-6-17/h1-3,5-6,8-9,13,21H,4,7,10-12,14-16H2. The van der Waals surface area contributed by atoms with E-state index in [1.54, 1.807) is 12.1 Å². The molecule has 2 aliphatic rings. The third-order valence-electron chi connectivity index (χ3n) is 5.69. The van der Waals surface area contributed by atoms with Gasteiger partial charge in [-0.3, -0.25) is 19.9 Å². The lowest BCUT2D eigenvalue weighted by atomic mass is 9.95. The van der Waals surface area contributed by atoms with Crippen molar-refractivity contribution in [1.29, 1.82) is 0 Å². The average molecular weight is 351 g/mol. The van der Waals surface area contributed by atoms with Crippen LogP contribution in [0.3, 0.4) is 0 Å². The summed E-state index contributed by atoms with van der Waals surface area (Å²) in [5.41, 5.74) is 3.97. The molecule has 0 bridgehead atoms. The molecule has 4 rings (SSSR count). The Kier molecular flexibility index (Phi) is 5.00. The van der Waals surface area contributed by atoms with Crippen LogP contribution in [0.25, 0.3) is 0 Å². The summed E-state index contributed by atoms with van der Waals surface area (Å²) in [6, 6.07) is 16.5. The van der Waals surface area contributed by atoms with Crippen LogP contribution in [0.15, 0.2) is 48.5 Å². The number of nitro groups is 1. The monoisotopic (exact) mass is 351 g/mol. The van der Waals surface area contributed by atoms with E-state index >= 15 is 0 Å². The van der Waals surface area contributed by atoms with E-state index < -0.39 is 0 Å². The fourth-order valence-corrected chi connectivity index (χ4v) is 4.30. The van der Waals surface area contributed by atoms with Crippen molar-refractivity contribution in [3.05, 3.63) is 75.3 Å². The maximum absolute atomic E-state index is 11.1. The fraction of sp³-hybridized carbons (Fsp3) is 0.429. The van der Waals surface area contributed by atoms with Crippen molar-refractivity contribution >= 4 is 5.69 Å². The number of non-ortho nitro benzene ring substituents is 1. The van der Waals surface area contributed by atoms with Crippen molar-refractivity contribution < 1.29 is 4.92 Å². The van der Waals surface area contributed by atoms with Gasteiger partial charge in [-0.1, -0.05) is 36.4 Å². The molecule has 2 heterocycles. The fourth-order valence-electron chi connectivity index (χ4n) is 4.30. The molecule has 1 unspecified atom stereocenters. The van der Waals surface area contributed by atoms with Gasteiger partial charge in [0.25, 0.3) is 5.69 Å². The Morgan fingerprint density at radius 1 is 1.08 bits per heavy atom. The number of likely N-dealkylation sites (tertiary alicyclic amines) is 1. The zero-order valence-corrected chi connectivity index (χ0v) is 15.0. The van der Waals surface area contributed by atoms with Gasteiger partial charge in [0.15, 0.2) is 0 Å². The second-order valence-corrected chi connectivity index (χ2v) is 7.45. The van der Waals surface area contributed by atoms with Crippen LogP contribution in [0.1, 0.15) is 29.5 Å². The topological polar surface area (TPSA) is 49.6 Å². The predicted octanol–water partition coefficient (Wildman–Crippen LogP) is 3.62. The maximum Gasteiger partial charge on any atom is 0.269 e. The first-order valence-electron chi connectivity index (χ1n) is 9.45. The number of benzene rings is 2. The molecule has 0 radical (unpaired) electrons. The van der Waals surface area contributed by atoms with Gasteiger partial charge in [-0.15, -0.1) is 0 Å². The van der Waals surface area contributed by atoms with Crippen molar-refractivity contribution in [2.75, 3.05) is 19.6 Å². The largest absolute Gasteiger partial charge is 0.298 e. The van der Waals surface area contributed by atoms with E-state index in [0.29, 0.717) is 6.04 Å². The number of rotatable bonds is 4. The molecule has 5 nitrogen and oxygen atoms in total. The highest BCUT2D eigenvalue weighted by Gasteiger charge is 2.28. The zero-order valence-electron chi connectivity index (χ0n) is 15.0. The van der Waals surface area contributed by atoms with Gasteiger partial charge in [-0.25, -0.2) is 0 Å². The molecule has 0 amide bonds. The first-order chi connectivity index (χ1) is 12.7. The van der Waals surface area contributed by atoms with E-state index in [1.165, 1.54) is 24.0 Å². The Labute approximate surface area is 154 Å². The minimum Gasteiger partial charge on any atom is -0.298 e. The normalized spacial score (nSPS) is 21.3. The van der Waals surface area contributed by atoms with Crippen molar-refractivity contribution in [2.24, 2.45) is 0 Å². The van der Waals surface area contributed by atoms with Gasteiger partial charge in [0, 0.05) is 44.4 Å². The minimum absolute atomic E-state index is 0.208. The Morgan fingerprint density at radius 2 is 1.92 bits per heavy atom. The van der Waals surface area contributed by atoms with Gasteiger partial charge in [0.2, 0.25) is 0 Å². The summed E-state index contributed by atoms with van der Waals surface area (Å²) in [6.07, 6.45) is 3.42. The zero-order chi connectivity index (χ0) is 17.9. The highest BCUT2D eigenvalue weighted by molar-refractivity contribution is 5.41. The van der Waals surface area contributed by atoms with Gasteiger partial charge in [-0.05, 0) is 42.5 Å². The van der Waals surface area contributed by atoms with Gasteiger partial charge in [-0.2, -0.15) is 0 Å². The lowest BCUT2D eigenvalue weighted by molar-refractivity contribution is -0.385. The Bertz CT molecular complexity index is 778. The van der Waals surface area contributed by atoms with E-state index in [0.717, 1.165) is 44.7 Å². The molecular formula is C21H25N3O2. The molecule has 1 atom stereocenters. The highest BCUT2D eigenvalue weighted by atomic mass is 16.6. The van der Waals surface area contributed by atoms with Crippen LogP contribution in [0.4, 0.5) is 5.69 Å². The van der Waals surface area contributed by atoms with Crippen molar-refractivity contribution in [3.8, 4) is 0 Å². The van der Waals surface area contributed by atoms with E-state index in [2.05, 4.69) is 40.1 Å². The van der Waals surface area contributed by atoms with Crippen LogP contribution < -0.4 is 0 Å². The van der Waals surface area contributed by atoms with E-state index in [1.807, 2.05) is 6.07 Å². The summed E-state index contributed by atoms with van der Waals surface area (Å²) in [5, 5.41) is 11.1. The Hall–Kier alpha value is -2.24. The molecule has 1 fully saturated rings. The second kappa shape index (κ2) is 7.56. The summed E-state index contributed by atoms with van der Waals surface area (Å²) in [5.74, 6) is 0. The van der Waals surface area contributed by atoms with Crippen molar-refractivity contribution in [2.45, 2.75) is 38.4 Å². The van der Waals surface area contributed by atoms with E-state index in [4.69, 9.17) is 0 Å². The molecule has 2 aromatic carbocycles. The Morgan fingerprint density at radius 3 is 2.73 bits per heavy atom. The summed E-state index contributed by atoms with van der Waals surface area (Å²) < 4.78 is 0. The van der Waals surface area contributed by atoms with Crippen molar-refractivity contribution in [1.82, 2.24) is 9.80 Å². The predicted molar refractivity (Wildman–Crippen MR) is 102 cm³/mol. The molecule has 0 N–H and O–H groups in total. The molecule has 2 aromatic rings. The summed E-state index contributed by atoms with van der Waals surface area (Å²) >= 11 is 0. The number of fused-ring (bicyclic) bond motifs is 1. The SMILES string of the molecule is O=[N+]([O-])c1ccc2c(c1)CN(C1CCCN(Cc3ccccc3)C1)CC2. The quantitative estimate of drug-likeness (QED) is 0.624. The van der Waals surface area contributed by atoms with Crippen LogP contribution in [0, 0.1) is 10.1 Å². The van der Waals surface area contributed by atoms with Gasteiger partial charge < -0.3 is 0 Å². The van der Waals surface area contributed by atoms with Crippen LogP contribution in [0.5, 0.6) is 0 Å². The number of hydrogen-bond acceptors (Lipinski definition) is 4. The molecule has 2 aliphatic heterocycles. The molecular weight excluding hydrogens is 326 g/mol. The average Bonchev–Trinajstić information content (AvgIpc) is 2.68. The van der Waals surface area contributed by atoms with Crippen LogP contribution >= 0.6 is 0 Å². The van der Waals surface area contributed by atoms with Gasteiger partial charge in [0.05, 0.1) is 4.92 Å². The first-order valence-corrected chi connectivity index (χ1v) is 9.45. The van der Waals surface area contributed by atoms with Crippen LogP contribution in [-0.4, -0.2) is 40.4 Å². The maximum atomic E-state index is 11.1. The number of nitro benzene ring substituents is 1. The minimum atomic E-state index is -0.290. The molecule has 1 saturated heterocycles. The second-order valence-electron chi connectivity index (χ2n) is 7.45. The number of nitrogens with zero attached hydrogens (tertiary/aromatic N) is 3. The molecule has 5 heteroatoms. The van der Waals surface area contributed by atoms with E-state index in [-0.39, 0.29) is 10.6 Å². The first kappa shape index (κ1) is 17.2. The third-order valence-corrected chi connectivity index (χ3v) is 5.69. The van der Waals surface area contributed by atoms with Crippen LogP contribution in [-0.2, 0) is 19.5 Å². The van der Waals surface area contributed by atoms with Crippen LogP contribution in [0.2, 0.25) is 0 Å². The molecule has 0 saturated carbocycles. The summed E-state index contributed by atoms with van der Waals surface area (Å²) in [4.78, 5) is 15.9. The Balaban J connectivity index is 1.43. The highest BCUT2D eigenvalue weighted by Crippen LogP contribution is 2.27. The third kappa shape index (κ3) is 3.79. The molecule has 0 aliphatic carbocycles. The molecule has 136 valence electrons. The molecule has 26 heavy (non-hydrogen) atoms.